The lowest BCUT2D eigenvalue weighted by Crippen LogP contribution is -2.14. The van der Waals surface area contributed by atoms with Crippen molar-refractivity contribution in [2.75, 3.05) is 41.0 Å². The number of hydrogen-bond donors (Lipinski definition) is 3. The van der Waals surface area contributed by atoms with E-state index in [2.05, 4.69) is 16.0 Å². The second kappa shape index (κ2) is 20.9. The van der Waals surface area contributed by atoms with Crippen molar-refractivity contribution < 1.29 is 42.8 Å². The number of hydrogen-bond acceptors (Lipinski definition) is 9. The first-order valence-corrected chi connectivity index (χ1v) is 22.1. The van der Waals surface area contributed by atoms with Gasteiger partial charge in [-0.15, -0.1) is 0 Å². The molecule has 3 aromatic carbocycles. The largest absolute Gasteiger partial charge is 0.493 e. The van der Waals surface area contributed by atoms with E-state index >= 15 is 0 Å². The maximum Gasteiger partial charge on any atom is 0.220 e. The normalized spacial score (nSPS) is 22.9. The van der Waals surface area contributed by atoms with E-state index in [1.165, 1.54) is 38.5 Å². The summed E-state index contributed by atoms with van der Waals surface area (Å²) >= 11 is 0. The lowest BCUT2D eigenvalue weighted by atomic mass is 9.98. The van der Waals surface area contributed by atoms with E-state index < -0.39 is 0 Å². The van der Waals surface area contributed by atoms with Gasteiger partial charge in [-0.25, -0.2) is 0 Å². The Morgan fingerprint density at radius 3 is 0.883 bits per heavy atom. The van der Waals surface area contributed by atoms with Crippen LogP contribution in [0.4, 0.5) is 0 Å². The zero-order valence-electron chi connectivity index (χ0n) is 35.6. The van der Waals surface area contributed by atoms with Crippen molar-refractivity contribution in [3.8, 4) is 34.5 Å². The fraction of sp³-hybridized carbons (Fsp3) is 0.562. The molecule has 0 radical (unpaired) electrons. The van der Waals surface area contributed by atoms with Crippen LogP contribution in [0.5, 0.6) is 34.5 Å². The van der Waals surface area contributed by atoms with Crippen LogP contribution >= 0.6 is 0 Å². The molecule has 3 saturated heterocycles. The summed E-state index contributed by atoms with van der Waals surface area (Å²) in [5.41, 5.74) is 3.45. The van der Waals surface area contributed by atoms with Gasteiger partial charge in [0.1, 0.15) is 0 Å². The van der Waals surface area contributed by atoms with Crippen molar-refractivity contribution >= 4 is 17.7 Å². The molecule has 0 spiro atoms. The van der Waals surface area contributed by atoms with Crippen molar-refractivity contribution in [1.29, 1.82) is 0 Å². The average molecular weight is 826 g/mol. The van der Waals surface area contributed by atoms with E-state index in [-0.39, 0.29) is 35.5 Å². The number of methoxy groups -OCH3 is 3. The van der Waals surface area contributed by atoms with E-state index in [4.69, 9.17) is 28.4 Å². The highest BCUT2D eigenvalue weighted by Crippen LogP contribution is 2.38. The monoisotopic (exact) mass is 825 g/mol. The minimum atomic E-state index is 0.129. The summed E-state index contributed by atoms with van der Waals surface area (Å²) in [6, 6.07) is 18.1. The highest BCUT2D eigenvalue weighted by molar-refractivity contribution is 5.80. The first-order valence-electron chi connectivity index (χ1n) is 22.1. The number of benzene rings is 3. The van der Waals surface area contributed by atoms with Crippen LogP contribution in [-0.4, -0.2) is 77.0 Å². The number of carbonyl (C=O) groups excluding carboxylic acids is 3. The Bertz CT molecular complexity index is 1700. The molecule has 60 heavy (non-hydrogen) atoms. The van der Waals surface area contributed by atoms with Crippen LogP contribution in [0.15, 0.2) is 54.6 Å². The molecule has 3 atom stereocenters. The van der Waals surface area contributed by atoms with Crippen LogP contribution in [-0.2, 0) is 14.4 Å². The summed E-state index contributed by atoms with van der Waals surface area (Å²) in [7, 11) is 4.99. The van der Waals surface area contributed by atoms with E-state index in [1.54, 1.807) is 21.3 Å². The van der Waals surface area contributed by atoms with E-state index in [0.29, 0.717) is 57.2 Å². The molecule has 0 aromatic heterocycles. The van der Waals surface area contributed by atoms with Gasteiger partial charge >= 0.3 is 0 Å². The van der Waals surface area contributed by atoms with E-state index in [0.717, 1.165) is 89.7 Å². The Balaban J connectivity index is 0.000000136. The van der Waals surface area contributed by atoms with Gasteiger partial charge in [0.05, 0.1) is 39.6 Å². The van der Waals surface area contributed by atoms with E-state index in [1.807, 2.05) is 54.6 Å². The molecule has 3 saturated carbocycles. The molecule has 3 amide bonds. The summed E-state index contributed by atoms with van der Waals surface area (Å²) in [5.74, 6) is 5.91. The van der Waals surface area contributed by atoms with Crippen molar-refractivity contribution in [1.82, 2.24) is 16.0 Å². The number of ether oxygens (including phenoxy) is 6. The highest BCUT2D eigenvalue weighted by Gasteiger charge is 2.28. The molecule has 324 valence electrons. The fourth-order valence-corrected chi connectivity index (χ4v) is 9.20. The molecule has 6 aliphatic rings. The van der Waals surface area contributed by atoms with Gasteiger partial charge in [0, 0.05) is 56.7 Å². The number of amides is 3. The third-order valence-corrected chi connectivity index (χ3v) is 12.7. The van der Waals surface area contributed by atoms with Gasteiger partial charge in [-0.2, -0.15) is 0 Å². The lowest BCUT2D eigenvalue weighted by molar-refractivity contribution is -0.120. The summed E-state index contributed by atoms with van der Waals surface area (Å²) in [4.78, 5) is 34.0. The molecule has 3 heterocycles. The summed E-state index contributed by atoms with van der Waals surface area (Å²) in [6.07, 6.45) is 16.8. The third-order valence-electron chi connectivity index (χ3n) is 12.7. The van der Waals surface area contributed by atoms with Gasteiger partial charge in [0.2, 0.25) is 17.7 Å². The van der Waals surface area contributed by atoms with Gasteiger partial charge in [-0.3, -0.25) is 14.4 Å². The summed E-state index contributed by atoms with van der Waals surface area (Å²) in [6.45, 7) is 2.15. The Kier molecular flexibility index (Phi) is 15.0. The van der Waals surface area contributed by atoms with Gasteiger partial charge < -0.3 is 44.4 Å². The van der Waals surface area contributed by atoms with Crippen molar-refractivity contribution in [3.63, 3.8) is 0 Å². The molecular formula is C48H63N3O9. The van der Waals surface area contributed by atoms with Gasteiger partial charge in [0.25, 0.3) is 0 Å². The first kappa shape index (κ1) is 43.0. The molecule has 12 heteroatoms. The summed E-state index contributed by atoms with van der Waals surface area (Å²) < 4.78 is 34.4. The summed E-state index contributed by atoms with van der Waals surface area (Å²) in [5, 5.41) is 8.63. The first-order chi connectivity index (χ1) is 29.3. The van der Waals surface area contributed by atoms with Crippen LogP contribution in [0.3, 0.4) is 0 Å². The molecular weight excluding hydrogens is 763 g/mol. The van der Waals surface area contributed by atoms with Crippen molar-refractivity contribution in [2.45, 2.75) is 132 Å². The van der Waals surface area contributed by atoms with Crippen molar-refractivity contribution in [2.24, 2.45) is 0 Å². The zero-order valence-corrected chi connectivity index (χ0v) is 35.6. The SMILES string of the molecule is COc1ccc([C@@H]2CNC(=O)C2)cc1OC1CCCC1.COc1ccc([C@@H]2CNC(=O)C2)cc1OC1CCCC1.COc1ccc([C@@H]2CNC(=O)C2)cc1OC1CCCC1. The molecule has 3 aliphatic heterocycles. The van der Waals surface area contributed by atoms with E-state index in [9.17, 15) is 14.4 Å². The molecule has 6 fully saturated rings. The van der Waals surface area contributed by atoms with Crippen LogP contribution in [0.25, 0.3) is 0 Å². The topological polar surface area (TPSA) is 143 Å². The quantitative estimate of drug-likeness (QED) is 0.166. The number of rotatable bonds is 12. The minimum absolute atomic E-state index is 0.129. The highest BCUT2D eigenvalue weighted by atomic mass is 16.5. The van der Waals surface area contributed by atoms with Crippen LogP contribution in [0.1, 0.15) is 131 Å². The predicted molar refractivity (Wildman–Crippen MR) is 229 cm³/mol. The molecule has 12 nitrogen and oxygen atoms in total. The smallest absolute Gasteiger partial charge is 0.220 e. The lowest BCUT2D eigenvalue weighted by Gasteiger charge is -2.18. The Labute approximate surface area is 354 Å². The van der Waals surface area contributed by atoms with Gasteiger partial charge in [-0.1, -0.05) is 18.2 Å². The molecule has 9 rings (SSSR count). The predicted octanol–water partition coefficient (Wildman–Crippen LogP) is 7.86. The van der Waals surface area contributed by atoms with Crippen LogP contribution < -0.4 is 44.4 Å². The molecule has 3 aliphatic carbocycles. The number of nitrogens with one attached hydrogen (secondary N) is 3. The molecule has 3 aromatic rings. The van der Waals surface area contributed by atoms with Crippen molar-refractivity contribution in [3.05, 3.63) is 71.3 Å². The average Bonchev–Trinajstić information content (AvgIpc) is 4.13. The standard InChI is InChI=1S/3C16H21NO3/c3*1-19-14-7-6-11(12-9-16(18)17-10-12)8-15(14)20-13-4-2-3-5-13/h3*6-8,12-13H,2-5,9-10H2,1H3,(H,17,18)/t3*12-/m000/s1. The Hall–Kier alpha value is -5.13. The second-order valence-corrected chi connectivity index (χ2v) is 16.9. The zero-order chi connectivity index (χ0) is 41.8. The molecule has 0 unspecified atom stereocenters. The number of carbonyl (C=O) groups is 3. The fourth-order valence-electron chi connectivity index (χ4n) is 9.20. The maximum absolute atomic E-state index is 11.3. The van der Waals surface area contributed by atoms with Crippen LogP contribution in [0, 0.1) is 0 Å². The van der Waals surface area contributed by atoms with Gasteiger partial charge in [0.15, 0.2) is 34.5 Å². The Morgan fingerprint density at radius 2 is 0.667 bits per heavy atom. The molecule has 3 N–H and O–H groups in total. The van der Waals surface area contributed by atoms with Gasteiger partial charge in [-0.05, 0) is 130 Å². The second-order valence-electron chi connectivity index (χ2n) is 16.9. The molecule has 0 bridgehead atoms. The Morgan fingerprint density at radius 1 is 0.400 bits per heavy atom. The minimum Gasteiger partial charge on any atom is -0.493 e. The van der Waals surface area contributed by atoms with Crippen LogP contribution in [0.2, 0.25) is 0 Å². The third kappa shape index (κ3) is 11.4. The maximum atomic E-state index is 11.3.